The zero-order valence-electron chi connectivity index (χ0n) is 15.2. The first-order valence-corrected chi connectivity index (χ1v) is 8.58. The summed E-state index contributed by atoms with van der Waals surface area (Å²) in [5, 5.41) is 87.5. The Hall–Kier alpha value is -3.32. The van der Waals surface area contributed by atoms with Gasteiger partial charge in [0.15, 0.2) is 41.5 Å². The Balaban J connectivity index is 1.94. The molecule has 12 nitrogen and oxygen atoms in total. The predicted molar refractivity (Wildman–Crippen MR) is 95.7 cm³/mol. The summed E-state index contributed by atoms with van der Waals surface area (Å²) in [6.45, 7) is -0.697. The molecule has 1 unspecified atom stereocenters. The number of hydrogen-bond donors (Lipinski definition) is 9. The Kier molecular flexibility index (Phi) is 5.85. The van der Waals surface area contributed by atoms with Crippen molar-refractivity contribution >= 4 is 0 Å². The molecule has 0 aromatic heterocycles. The molecule has 164 valence electrons. The van der Waals surface area contributed by atoms with Crippen LogP contribution in [-0.2, 0) is 4.74 Å². The van der Waals surface area contributed by atoms with E-state index in [1.54, 1.807) is 0 Å². The molecule has 0 spiro atoms. The zero-order chi connectivity index (χ0) is 22.2. The van der Waals surface area contributed by atoms with Crippen molar-refractivity contribution in [1.29, 1.82) is 0 Å². The second-order valence-electron chi connectivity index (χ2n) is 6.52. The molecule has 1 aliphatic rings. The van der Waals surface area contributed by atoms with E-state index >= 15 is 0 Å². The van der Waals surface area contributed by atoms with E-state index < -0.39 is 71.8 Å². The van der Waals surface area contributed by atoms with Gasteiger partial charge in [-0.3, -0.25) is 0 Å². The summed E-state index contributed by atoms with van der Waals surface area (Å²) in [7, 11) is 0. The molecular formula is C18H20O12. The molecule has 2 aromatic carbocycles. The normalized spacial score (nSPS) is 26.3. The van der Waals surface area contributed by atoms with Crippen LogP contribution in [0.15, 0.2) is 24.3 Å². The van der Waals surface area contributed by atoms with Gasteiger partial charge in [-0.1, -0.05) is 0 Å². The van der Waals surface area contributed by atoms with Gasteiger partial charge in [-0.05, 0) is 0 Å². The second kappa shape index (κ2) is 8.20. The minimum Gasteiger partial charge on any atom is -0.504 e. The third-order valence-corrected chi connectivity index (χ3v) is 4.45. The fourth-order valence-electron chi connectivity index (χ4n) is 2.93. The highest BCUT2D eigenvalue weighted by molar-refractivity contribution is 5.54. The number of aliphatic hydroxyl groups is 3. The monoisotopic (exact) mass is 428 g/mol. The third-order valence-electron chi connectivity index (χ3n) is 4.45. The van der Waals surface area contributed by atoms with Gasteiger partial charge in [-0.25, -0.2) is 0 Å². The molecule has 9 N–H and O–H groups in total. The van der Waals surface area contributed by atoms with Crippen LogP contribution in [0.25, 0.3) is 0 Å². The van der Waals surface area contributed by atoms with Crippen LogP contribution in [0.5, 0.6) is 46.0 Å². The summed E-state index contributed by atoms with van der Waals surface area (Å²) in [6, 6.07) is 3.68. The summed E-state index contributed by atoms with van der Waals surface area (Å²) in [5.41, 5.74) is 0. The SMILES string of the molecule is OC[C@H]1OC(O)[C@H](Oc2cc(O)c(O)c(O)c2)[C@@H](Oc2cc(O)c(O)c(O)c2)[C@@H]1O. The first kappa shape index (κ1) is 21.4. The van der Waals surface area contributed by atoms with Gasteiger partial charge in [0.1, 0.15) is 23.7 Å². The Morgan fingerprint density at radius 2 is 1.10 bits per heavy atom. The molecule has 30 heavy (non-hydrogen) atoms. The van der Waals surface area contributed by atoms with Crippen LogP contribution in [0.2, 0.25) is 0 Å². The zero-order valence-corrected chi connectivity index (χ0v) is 15.2. The molecule has 5 atom stereocenters. The second-order valence-corrected chi connectivity index (χ2v) is 6.52. The lowest BCUT2D eigenvalue weighted by atomic mass is 9.98. The van der Waals surface area contributed by atoms with E-state index in [0.717, 1.165) is 24.3 Å². The number of aromatic hydroxyl groups is 6. The van der Waals surface area contributed by atoms with Crippen molar-refractivity contribution in [1.82, 2.24) is 0 Å². The quantitative estimate of drug-likeness (QED) is 0.268. The largest absolute Gasteiger partial charge is 0.504 e. The van der Waals surface area contributed by atoms with Crippen molar-refractivity contribution in [3.8, 4) is 46.0 Å². The van der Waals surface area contributed by atoms with E-state index in [9.17, 15) is 46.0 Å². The number of rotatable bonds is 5. The van der Waals surface area contributed by atoms with Crippen LogP contribution in [-0.4, -0.2) is 83.3 Å². The van der Waals surface area contributed by atoms with Gasteiger partial charge in [0, 0.05) is 24.3 Å². The maximum absolute atomic E-state index is 10.5. The van der Waals surface area contributed by atoms with Crippen LogP contribution in [0.3, 0.4) is 0 Å². The maximum Gasteiger partial charge on any atom is 0.200 e. The number of phenolic OH excluding ortho intramolecular Hbond substituents is 6. The lowest BCUT2D eigenvalue weighted by molar-refractivity contribution is -0.276. The number of ether oxygens (including phenoxy) is 3. The van der Waals surface area contributed by atoms with Crippen molar-refractivity contribution in [3.05, 3.63) is 24.3 Å². The number of phenols is 6. The van der Waals surface area contributed by atoms with Crippen LogP contribution in [0.1, 0.15) is 0 Å². The van der Waals surface area contributed by atoms with Gasteiger partial charge >= 0.3 is 0 Å². The van der Waals surface area contributed by atoms with E-state index in [4.69, 9.17) is 14.2 Å². The van der Waals surface area contributed by atoms with Crippen LogP contribution in [0, 0.1) is 0 Å². The maximum atomic E-state index is 10.5. The number of benzene rings is 2. The molecule has 3 rings (SSSR count). The molecule has 1 heterocycles. The lowest BCUT2D eigenvalue weighted by Crippen LogP contribution is -2.62. The lowest BCUT2D eigenvalue weighted by Gasteiger charge is -2.42. The van der Waals surface area contributed by atoms with Crippen LogP contribution < -0.4 is 9.47 Å². The molecule has 0 saturated carbocycles. The Morgan fingerprint density at radius 1 is 0.700 bits per heavy atom. The Labute approximate surface area is 168 Å². The van der Waals surface area contributed by atoms with E-state index in [2.05, 4.69) is 0 Å². The van der Waals surface area contributed by atoms with E-state index in [1.807, 2.05) is 0 Å². The molecule has 0 amide bonds. The summed E-state index contributed by atoms with van der Waals surface area (Å²) in [5.74, 6) is -4.98. The smallest absolute Gasteiger partial charge is 0.200 e. The summed E-state index contributed by atoms with van der Waals surface area (Å²) in [4.78, 5) is 0. The molecule has 12 heteroatoms. The highest BCUT2D eigenvalue weighted by Gasteiger charge is 2.48. The fraction of sp³-hybridized carbons (Fsp3) is 0.333. The molecular weight excluding hydrogens is 408 g/mol. The molecule has 1 fully saturated rings. The first-order valence-electron chi connectivity index (χ1n) is 8.58. The summed E-state index contributed by atoms with van der Waals surface area (Å²) < 4.78 is 16.1. The summed E-state index contributed by atoms with van der Waals surface area (Å²) in [6.07, 6.45) is -7.61. The Bertz CT molecular complexity index is 870. The van der Waals surface area contributed by atoms with Gasteiger partial charge in [0.25, 0.3) is 0 Å². The van der Waals surface area contributed by atoms with Gasteiger partial charge in [0.2, 0.25) is 11.5 Å². The van der Waals surface area contributed by atoms with Crippen molar-refractivity contribution < 1.29 is 60.2 Å². The van der Waals surface area contributed by atoms with Gasteiger partial charge in [-0.15, -0.1) is 0 Å². The average molecular weight is 428 g/mol. The molecule has 1 aliphatic heterocycles. The van der Waals surface area contributed by atoms with Crippen molar-refractivity contribution in [2.75, 3.05) is 6.61 Å². The average Bonchev–Trinajstić information content (AvgIpc) is 2.69. The molecule has 1 saturated heterocycles. The fourth-order valence-corrected chi connectivity index (χ4v) is 2.93. The topological polar surface area (TPSA) is 210 Å². The highest BCUT2D eigenvalue weighted by Crippen LogP contribution is 2.41. The van der Waals surface area contributed by atoms with Gasteiger partial charge in [0.05, 0.1) is 6.61 Å². The van der Waals surface area contributed by atoms with Gasteiger partial charge in [-0.2, -0.15) is 0 Å². The minimum absolute atomic E-state index is 0.234. The van der Waals surface area contributed by atoms with Crippen molar-refractivity contribution in [3.63, 3.8) is 0 Å². The van der Waals surface area contributed by atoms with Crippen molar-refractivity contribution in [2.24, 2.45) is 0 Å². The first-order chi connectivity index (χ1) is 14.1. The number of hydrogen-bond acceptors (Lipinski definition) is 12. The van der Waals surface area contributed by atoms with E-state index in [-0.39, 0.29) is 11.5 Å². The molecule has 0 aliphatic carbocycles. The summed E-state index contributed by atoms with van der Waals surface area (Å²) >= 11 is 0. The Morgan fingerprint density at radius 3 is 1.50 bits per heavy atom. The highest BCUT2D eigenvalue weighted by atomic mass is 16.7. The molecule has 2 aromatic rings. The standard InChI is InChI=1S/C18H20O12/c19-5-12-15(26)16(28-6-1-8(20)13(24)9(21)2-6)17(18(27)30-12)29-7-3-10(22)14(25)11(23)4-7/h1-4,12,15-27H,5H2/t12-,15-,16+,17-,18?/m1/s1. The van der Waals surface area contributed by atoms with Crippen LogP contribution in [0.4, 0.5) is 0 Å². The van der Waals surface area contributed by atoms with E-state index in [1.165, 1.54) is 0 Å². The molecule has 0 radical (unpaired) electrons. The van der Waals surface area contributed by atoms with E-state index in [0.29, 0.717) is 0 Å². The third kappa shape index (κ3) is 4.02. The van der Waals surface area contributed by atoms with Gasteiger partial charge < -0.3 is 60.2 Å². The number of aliphatic hydroxyl groups excluding tert-OH is 3. The van der Waals surface area contributed by atoms with Crippen LogP contribution >= 0.6 is 0 Å². The predicted octanol–water partition coefficient (Wildman–Crippen LogP) is -0.814. The minimum atomic E-state index is -1.77. The van der Waals surface area contributed by atoms with Crippen molar-refractivity contribution in [2.45, 2.75) is 30.7 Å². The molecule has 0 bridgehead atoms.